The maximum Gasteiger partial charge on any atom is 0.227 e. The summed E-state index contributed by atoms with van der Waals surface area (Å²) in [6.45, 7) is 0.909. The van der Waals surface area contributed by atoms with E-state index in [0.717, 1.165) is 18.7 Å². The lowest BCUT2D eigenvalue weighted by Gasteiger charge is -2.35. The van der Waals surface area contributed by atoms with E-state index in [1.807, 2.05) is 0 Å². The highest BCUT2D eigenvalue weighted by Crippen LogP contribution is 2.32. The van der Waals surface area contributed by atoms with Gasteiger partial charge >= 0.3 is 0 Å². The number of aromatic nitrogens is 2. The molecule has 1 aliphatic carbocycles. The summed E-state index contributed by atoms with van der Waals surface area (Å²) in [6, 6.07) is 0. The van der Waals surface area contributed by atoms with Crippen molar-refractivity contribution in [1.29, 1.82) is 0 Å². The molecular formula is C13H19N3O3. The van der Waals surface area contributed by atoms with Crippen LogP contribution in [0, 0.1) is 0 Å². The predicted octanol–water partition coefficient (Wildman–Crippen LogP) is 0.863. The van der Waals surface area contributed by atoms with E-state index in [0.29, 0.717) is 37.7 Å². The molecule has 1 saturated heterocycles. The smallest absolute Gasteiger partial charge is 0.227 e. The molecule has 0 bridgehead atoms. The molecule has 1 aromatic rings. The van der Waals surface area contributed by atoms with E-state index in [1.54, 1.807) is 4.90 Å². The largest absolute Gasteiger partial charge is 0.389 e. The van der Waals surface area contributed by atoms with Crippen LogP contribution in [0.1, 0.15) is 49.7 Å². The fourth-order valence-corrected chi connectivity index (χ4v) is 2.75. The molecule has 6 heteroatoms. The van der Waals surface area contributed by atoms with Crippen molar-refractivity contribution in [2.75, 3.05) is 13.1 Å². The number of β-amino-alcohol motifs (C(OH)–C–C–N with tert-alkyl or cyclic N) is 1. The van der Waals surface area contributed by atoms with Crippen LogP contribution in [0.2, 0.25) is 0 Å². The Morgan fingerprint density at radius 1 is 1.37 bits per heavy atom. The number of hydrogen-bond donors (Lipinski definition) is 1. The first-order valence-corrected chi connectivity index (χ1v) is 7.00. The summed E-state index contributed by atoms with van der Waals surface area (Å²) < 4.78 is 5.20. The zero-order valence-electron chi connectivity index (χ0n) is 10.9. The lowest BCUT2D eigenvalue weighted by Crippen LogP contribution is -2.53. The molecule has 0 aromatic carbocycles. The topological polar surface area (TPSA) is 79.5 Å². The summed E-state index contributed by atoms with van der Waals surface area (Å²) in [7, 11) is 0. The van der Waals surface area contributed by atoms with E-state index in [-0.39, 0.29) is 12.0 Å². The van der Waals surface area contributed by atoms with Gasteiger partial charge in [-0.3, -0.25) is 4.79 Å². The van der Waals surface area contributed by atoms with Gasteiger partial charge in [-0.25, -0.2) is 0 Å². The van der Waals surface area contributed by atoms with E-state index in [2.05, 4.69) is 10.1 Å². The second kappa shape index (κ2) is 5.28. The summed E-state index contributed by atoms with van der Waals surface area (Å²) in [5.74, 6) is 1.85. The van der Waals surface area contributed by atoms with Gasteiger partial charge in [0.25, 0.3) is 0 Å². The minimum absolute atomic E-state index is 0.0471. The van der Waals surface area contributed by atoms with Crippen molar-refractivity contribution in [3.8, 4) is 0 Å². The molecule has 1 amide bonds. The number of rotatable bonds is 4. The Hall–Kier alpha value is -1.43. The summed E-state index contributed by atoms with van der Waals surface area (Å²) in [5, 5.41) is 13.2. The Balaban J connectivity index is 1.48. The van der Waals surface area contributed by atoms with Crippen LogP contribution in [-0.2, 0) is 11.2 Å². The normalized spacial score (nSPS) is 20.8. The minimum Gasteiger partial charge on any atom is -0.389 e. The number of aryl methyl sites for hydroxylation is 1. The van der Waals surface area contributed by atoms with Gasteiger partial charge in [0.15, 0.2) is 5.82 Å². The third kappa shape index (κ3) is 2.78. The first-order valence-electron chi connectivity index (χ1n) is 7.00. The number of hydrogen-bond acceptors (Lipinski definition) is 5. The minimum atomic E-state index is -0.346. The second-order valence-corrected chi connectivity index (χ2v) is 5.48. The van der Waals surface area contributed by atoms with E-state index in [9.17, 15) is 4.79 Å². The van der Waals surface area contributed by atoms with Crippen LogP contribution in [0.15, 0.2) is 4.52 Å². The van der Waals surface area contributed by atoms with Crippen molar-refractivity contribution in [2.24, 2.45) is 0 Å². The third-order valence-electron chi connectivity index (χ3n) is 3.97. The van der Waals surface area contributed by atoms with E-state index >= 15 is 0 Å². The van der Waals surface area contributed by atoms with E-state index < -0.39 is 0 Å². The molecule has 2 fully saturated rings. The lowest BCUT2D eigenvalue weighted by atomic mass is 10.1. The van der Waals surface area contributed by atoms with Crippen LogP contribution >= 0.6 is 0 Å². The number of aliphatic hydroxyl groups is 1. The number of likely N-dealkylation sites (tertiary alicyclic amines) is 1. The van der Waals surface area contributed by atoms with Crippen LogP contribution < -0.4 is 0 Å². The van der Waals surface area contributed by atoms with Crippen molar-refractivity contribution in [2.45, 2.75) is 50.5 Å². The molecule has 3 rings (SSSR count). The van der Waals surface area contributed by atoms with Gasteiger partial charge in [0.2, 0.25) is 11.8 Å². The van der Waals surface area contributed by atoms with Crippen molar-refractivity contribution in [3.63, 3.8) is 0 Å². The van der Waals surface area contributed by atoms with E-state index in [1.165, 1.54) is 12.8 Å². The summed E-state index contributed by atoms with van der Waals surface area (Å²) in [6.07, 6.45) is 5.28. The first kappa shape index (κ1) is 12.6. The highest BCUT2D eigenvalue weighted by molar-refractivity contribution is 5.77. The zero-order chi connectivity index (χ0) is 13.2. The maximum atomic E-state index is 11.7. The maximum absolute atomic E-state index is 11.7. The van der Waals surface area contributed by atoms with Crippen molar-refractivity contribution in [3.05, 3.63) is 11.7 Å². The molecule has 6 nitrogen and oxygen atoms in total. The Kier molecular flexibility index (Phi) is 3.50. The van der Waals surface area contributed by atoms with Gasteiger partial charge in [-0.1, -0.05) is 18.0 Å². The van der Waals surface area contributed by atoms with E-state index in [4.69, 9.17) is 9.63 Å². The standard InChI is InChI=1S/C13H19N3O3/c17-10-7-16(8-10)12(18)6-5-11-14-13(15-19-11)9-3-1-2-4-9/h9-10,17H,1-8H2. The number of carbonyl (C=O) groups excluding carboxylic acids is 1. The first-order chi connectivity index (χ1) is 9.22. The van der Waals surface area contributed by atoms with Gasteiger partial charge in [0.05, 0.1) is 6.10 Å². The molecule has 0 radical (unpaired) electrons. The van der Waals surface area contributed by atoms with Crippen LogP contribution in [0.5, 0.6) is 0 Å². The van der Waals surface area contributed by atoms with Crippen LogP contribution in [0.4, 0.5) is 0 Å². The number of aliphatic hydroxyl groups excluding tert-OH is 1. The fourth-order valence-electron chi connectivity index (χ4n) is 2.75. The summed E-state index contributed by atoms with van der Waals surface area (Å²) >= 11 is 0. The summed E-state index contributed by atoms with van der Waals surface area (Å²) in [4.78, 5) is 17.8. The molecule has 0 unspecified atom stereocenters. The zero-order valence-corrected chi connectivity index (χ0v) is 10.9. The monoisotopic (exact) mass is 265 g/mol. The van der Waals surface area contributed by atoms with Gasteiger partial charge in [-0.05, 0) is 12.8 Å². The molecule has 0 atom stereocenters. The Bertz CT molecular complexity index is 448. The van der Waals surface area contributed by atoms with Gasteiger partial charge in [0.1, 0.15) is 0 Å². The van der Waals surface area contributed by atoms with Gasteiger partial charge in [-0.15, -0.1) is 0 Å². The molecule has 2 aliphatic rings. The third-order valence-corrected chi connectivity index (χ3v) is 3.97. The second-order valence-electron chi connectivity index (χ2n) is 5.48. The summed E-state index contributed by atoms with van der Waals surface area (Å²) in [5.41, 5.74) is 0. The lowest BCUT2D eigenvalue weighted by molar-refractivity contribution is -0.141. The highest BCUT2D eigenvalue weighted by Gasteiger charge is 2.28. The Labute approximate surface area is 111 Å². The van der Waals surface area contributed by atoms with Crippen molar-refractivity contribution in [1.82, 2.24) is 15.0 Å². The molecule has 1 saturated carbocycles. The predicted molar refractivity (Wildman–Crippen MR) is 66.4 cm³/mol. The Morgan fingerprint density at radius 3 is 2.79 bits per heavy atom. The number of amides is 1. The average Bonchev–Trinajstić information content (AvgIpc) is 3.01. The average molecular weight is 265 g/mol. The molecule has 0 spiro atoms. The van der Waals surface area contributed by atoms with Crippen molar-refractivity contribution >= 4 is 5.91 Å². The van der Waals surface area contributed by atoms with Crippen LogP contribution in [0.3, 0.4) is 0 Å². The molecule has 1 aliphatic heterocycles. The van der Waals surface area contributed by atoms with Crippen LogP contribution in [-0.4, -0.2) is 45.2 Å². The van der Waals surface area contributed by atoms with Gasteiger partial charge in [-0.2, -0.15) is 4.98 Å². The highest BCUT2D eigenvalue weighted by atomic mass is 16.5. The quantitative estimate of drug-likeness (QED) is 0.873. The molecule has 1 aromatic heterocycles. The van der Waals surface area contributed by atoms with Gasteiger partial charge in [0, 0.05) is 31.8 Å². The molecule has 19 heavy (non-hydrogen) atoms. The molecular weight excluding hydrogens is 246 g/mol. The SMILES string of the molecule is O=C(CCc1nc(C2CCCC2)no1)N1CC(O)C1. The molecule has 2 heterocycles. The molecule has 1 N–H and O–H groups in total. The fraction of sp³-hybridized carbons (Fsp3) is 0.769. The number of carbonyl (C=O) groups is 1. The van der Waals surface area contributed by atoms with Crippen LogP contribution in [0.25, 0.3) is 0 Å². The number of nitrogens with zero attached hydrogens (tertiary/aromatic N) is 3. The van der Waals surface area contributed by atoms with Crippen molar-refractivity contribution < 1.29 is 14.4 Å². The molecule has 104 valence electrons. The Morgan fingerprint density at radius 2 is 2.11 bits per heavy atom. The van der Waals surface area contributed by atoms with Gasteiger partial charge < -0.3 is 14.5 Å².